The van der Waals surface area contributed by atoms with Gasteiger partial charge in [0.05, 0.1) is 18.3 Å². The maximum absolute atomic E-state index is 13.9. The average molecular weight is 610 g/mol. The summed E-state index contributed by atoms with van der Waals surface area (Å²) in [5.41, 5.74) is 4.75. The smallest absolute Gasteiger partial charge is 0.411 e. The van der Waals surface area contributed by atoms with Gasteiger partial charge in [-0.15, -0.1) is 0 Å². The second-order valence-electron chi connectivity index (χ2n) is 11.6. The Labute approximate surface area is 252 Å². The Kier molecular flexibility index (Phi) is 8.25. The van der Waals surface area contributed by atoms with Crippen molar-refractivity contribution in [1.29, 1.82) is 0 Å². The minimum atomic E-state index is -2.65. The van der Waals surface area contributed by atoms with Crippen LogP contribution in [0.25, 0.3) is 11.1 Å². The summed E-state index contributed by atoms with van der Waals surface area (Å²) in [5.74, 6) is -7.88. The molecule has 0 saturated heterocycles. The van der Waals surface area contributed by atoms with Crippen LogP contribution in [-0.4, -0.2) is 101 Å². The molecule has 44 heavy (non-hydrogen) atoms. The lowest BCUT2D eigenvalue weighted by molar-refractivity contribution is -0.178. The van der Waals surface area contributed by atoms with Crippen LogP contribution in [0.4, 0.5) is 10.5 Å². The number of amides is 2. The van der Waals surface area contributed by atoms with Crippen molar-refractivity contribution in [3.8, 4) is 16.9 Å². The molecular formula is C31H35N3O10. The summed E-state index contributed by atoms with van der Waals surface area (Å²) < 4.78 is 9.87. The van der Waals surface area contributed by atoms with Gasteiger partial charge in [-0.1, -0.05) is 18.2 Å². The van der Waals surface area contributed by atoms with Crippen LogP contribution in [0.15, 0.2) is 47.7 Å². The summed E-state index contributed by atoms with van der Waals surface area (Å²) >= 11 is 0. The van der Waals surface area contributed by atoms with Gasteiger partial charge in [-0.25, -0.2) is 4.79 Å². The number of phenolic OH excluding ortho intramolecular Hbond substituents is 1. The summed E-state index contributed by atoms with van der Waals surface area (Å²) in [6.45, 7) is 0.348. The van der Waals surface area contributed by atoms with Crippen LogP contribution in [-0.2, 0) is 25.5 Å². The number of anilines is 1. The highest BCUT2D eigenvalue weighted by molar-refractivity contribution is 6.16. The van der Waals surface area contributed by atoms with Crippen LogP contribution in [0.3, 0.4) is 0 Å². The number of primary amides is 1. The molecule has 6 atom stereocenters. The Bertz CT molecular complexity index is 1550. The van der Waals surface area contributed by atoms with Crippen LogP contribution >= 0.6 is 0 Å². The molecule has 234 valence electrons. The van der Waals surface area contributed by atoms with Crippen molar-refractivity contribution in [2.24, 2.45) is 23.5 Å². The number of likely N-dealkylation sites (N-methyl/N-ethyl adjacent to an activating group) is 1. The maximum Gasteiger partial charge on any atom is 0.411 e. The predicted octanol–water partition coefficient (Wildman–Crippen LogP) is 1.15. The molecule has 2 amide bonds. The molecule has 3 aliphatic carbocycles. The lowest BCUT2D eigenvalue weighted by atomic mass is 9.55. The number of fused-ring (bicyclic) bond motifs is 3. The topological polar surface area (TPSA) is 209 Å². The van der Waals surface area contributed by atoms with Gasteiger partial charge in [-0.2, -0.15) is 0 Å². The Morgan fingerprint density at radius 1 is 1.09 bits per heavy atom. The summed E-state index contributed by atoms with van der Waals surface area (Å²) in [6, 6.07) is 8.81. The molecule has 0 bridgehead atoms. The summed E-state index contributed by atoms with van der Waals surface area (Å²) in [6.07, 6.45) is -2.03. The van der Waals surface area contributed by atoms with Gasteiger partial charge in [0.1, 0.15) is 24.0 Å². The van der Waals surface area contributed by atoms with Crippen LogP contribution in [0.5, 0.6) is 5.75 Å². The Morgan fingerprint density at radius 3 is 2.39 bits per heavy atom. The van der Waals surface area contributed by atoms with Gasteiger partial charge in [-0.05, 0) is 67.7 Å². The highest BCUT2D eigenvalue weighted by Gasteiger charge is 2.66. The van der Waals surface area contributed by atoms with Crippen LogP contribution in [0, 0.1) is 17.8 Å². The molecule has 0 spiro atoms. The zero-order chi connectivity index (χ0) is 32.1. The highest BCUT2D eigenvalue weighted by Crippen LogP contribution is 2.53. The number of nitrogens with one attached hydrogen (secondary N) is 1. The Hall–Kier alpha value is -4.30. The molecule has 13 heteroatoms. The first-order valence-electron chi connectivity index (χ1n) is 14.1. The van der Waals surface area contributed by atoms with Crippen molar-refractivity contribution in [1.82, 2.24) is 4.90 Å². The number of allylic oxidation sites excluding steroid dienone is 1. The molecule has 1 saturated carbocycles. The third-order valence-corrected chi connectivity index (χ3v) is 8.94. The van der Waals surface area contributed by atoms with E-state index in [1.165, 1.54) is 13.2 Å². The molecule has 5 rings (SSSR count). The fourth-order valence-corrected chi connectivity index (χ4v) is 6.98. The van der Waals surface area contributed by atoms with Gasteiger partial charge in [0.25, 0.3) is 0 Å². The number of phenols is 1. The second kappa shape index (κ2) is 11.7. The molecule has 2 unspecified atom stereocenters. The number of nitrogens with two attached hydrogens (primary N) is 1. The molecule has 0 radical (unpaired) electrons. The van der Waals surface area contributed by atoms with E-state index in [-0.39, 0.29) is 42.9 Å². The van der Waals surface area contributed by atoms with Crippen molar-refractivity contribution in [2.45, 2.75) is 30.6 Å². The number of carbonyl (C=O) groups is 4. The minimum absolute atomic E-state index is 0.0152. The summed E-state index contributed by atoms with van der Waals surface area (Å²) in [7, 11) is 4.70. The monoisotopic (exact) mass is 609 g/mol. The van der Waals surface area contributed by atoms with E-state index in [0.717, 1.165) is 0 Å². The van der Waals surface area contributed by atoms with Gasteiger partial charge in [0.15, 0.2) is 17.2 Å². The number of aliphatic hydroxyl groups is 3. The normalized spacial score (nSPS) is 27.8. The molecule has 2 aromatic carbocycles. The minimum Gasteiger partial charge on any atom is -0.508 e. The molecule has 2 aromatic rings. The number of rotatable bonds is 7. The van der Waals surface area contributed by atoms with Crippen molar-refractivity contribution in [3.05, 3.63) is 58.9 Å². The standard InChI is InChI=1S/C31H35N3O10/c1-34(2)24-19-13-15-12-18-17(14-4-6-16(7-5-14)33-30(41)44-11-10-43-3)8-9-20(35)22(18)25(36)21(15)27(38)31(19,42)28(39)23(26(24)37)29(32)40/h4-9,15,19,23-24,26,35,37-38,42H,10-13H2,1-3H3,(H2,32,40)(H,33,41)/t15-,19-,23?,24-,26?,31-/m0/s1. The second-order valence-corrected chi connectivity index (χ2v) is 11.6. The number of Topliss-reactive ketones (excluding diaryl/α,β-unsaturated/α-hetero) is 2. The number of methoxy groups -OCH3 is 1. The van der Waals surface area contributed by atoms with E-state index in [1.54, 1.807) is 49.3 Å². The first-order valence-corrected chi connectivity index (χ1v) is 14.1. The van der Waals surface area contributed by atoms with Crippen molar-refractivity contribution in [2.75, 3.05) is 39.7 Å². The molecule has 7 N–H and O–H groups in total. The van der Waals surface area contributed by atoms with Crippen LogP contribution < -0.4 is 11.1 Å². The van der Waals surface area contributed by atoms with Crippen LogP contribution in [0.1, 0.15) is 22.3 Å². The quantitative estimate of drug-likeness (QED) is 0.194. The van der Waals surface area contributed by atoms with Gasteiger partial charge in [0.2, 0.25) is 5.91 Å². The summed E-state index contributed by atoms with van der Waals surface area (Å²) in [4.78, 5) is 53.2. The maximum atomic E-state index is 13.9. The molecule has 3 aliphatic rings. The first kappa shape index (κ1) is 31.1. The Morgan fingerprint density at radius 2 is 1.77 bits per heavy atom. The van der Waals surface area contributed by atoms with E-state index in [1.807, 2.05) is 0 Å². The number of ether oxygens (including phenoxy) is 2. The number of benzene rings is 2. The molecule has 0 heterocycles. The lowest BCUT2D eigenvalue weighted by Gasteiger charge is -2.53. The number of carbonyl (C=O) groups excluding carboxylic acids is 4. The fraction of sp³-hybridized carbons (Fsp3) is 0.419. The number of nitrogens with zero attached hydrogens (tertiary/aromatic N) is 1. The van der Waals surface area contributed by atoms with Crippen molar-refractivity contribution < 1.29 is 49.1 Å². The van der Waals surface area contributed by atoms with E-state index in [9.17, 15) is 39.6 Å². The lowest BCUT2D eigenvalue weighted by Crippen LogP contribution is -2.71. The van der Waals surface area contributed by atoms with Crippen molar-refractivity contribution >= 4 is 29.3 Å². The van der Waals surface area contributed by atoms with E-state index in [0.29, 0.717) is 22.4 Å². The molecule has 13 nitrogen and oxygen atoms in total. The van der Waals surface area contributed by atoms with Gasteiger partial charge >= 0.3 is 6.09 Å². The van der Waals surface area contributed by atoms with E-state index in [4.69, 9.17) is 15.2 Å². The SMILES string of the molecule is COCCOC(=O)Nc1ccc(-c2ccc(O)c3c2C[C@H]2C[C@H]4[C@H](N(C)C)C(O)C(C(N)=O)C(=O)[C@@]4(O)C(O)=C2C3=O)cc1. The van der Waals surface area contributed by atoms with E-state index >= 15 is 0 Å². The van der Waals surface area contributed by atoms with Gasteiger partial charge in [0, 0.05) is 30.3 Å². The van der Waals surface area contributed by atoms with Gasteiger partial charge in [-0.3, -0.25) is 19.7 Å². The molecule has 0 aromatic heterocycles. The third kappa shape index (κ3) is 4.91. The molecule has 0 aliphatic heterocycles. The molecular weight excluding hydrogens is 574 g/mol. The fourth-order valence-electron chi connectivity index (χ4n) is 6.98. The van der Waals surface area contributed by atoms with E-state index < -0.39 is 64.8 Å². The van der Waals surface area contributed by atoms with Crippen molar-refractivity contribution in [3.63, 3.8) is 0 Å². The average Bonchev–Trinajstić information content (AvgIpc) is 2.95. The number of hydrogen-bond acceptors (Lipinski definition) is 11. The largest absolute Gasteiger partial charge is 0.508 e. The zero-order valence-corrected chi connectivity index (χ0v) is 24.4. The number of hydrogen-bond donors (Lipinski definition) is 6. The number of ketones is 2. The van der Waals surface area contributed by atoms with Gasteiger partial charge < -0.3 is 40.5 Å². The summed E-state index contributed by atoms with van der Waals surface area (Å²) in [5, 5.41) is 47.7. The third-order valence-electron chi connectivity index (χ3n) is 8.94. The Balaban J connectivity index is 1.54. The number of aliphatic hydroxyl groups excluding tert-OH is 2. The zero-order valence-electron chi connectivity index (χ0n) is 24.4. The van der Waals surface area contributed by atoms with Crippen LogP contribution in [0.2, 0.25) is 0 Å². The predicted molar refractivity (Wildman–Crippen MR) is 156 cm³/mol. The number of aromatic hydroxyl groups is 1. The molecule has 1 fully saturated rings. The highest BCUT2D eigenvalue weighted by atomic mass is 16.6. The van der Waals surface area contributed by atoms with E-state index in [2.05, 4.69) is 5.32 Å². The first-order chi connectivity index (χ1) is 20.8.